The molecule has 0 spiro atoms. The van der Waals surface area contributed by atoms with Crippen LogP contribution in [0.2, 0.25) is 0 Å². The Kier molecular flexibility index (Phi) is 13.2. The van der Waals surface area contributed by atoms with Crippen molar-refractivity contribution in [2.45, 2.75) is 84.0 Å². The Morgan fingerprint density at radius 2 is 1.53 bits per heavy atom. The number of aryl methyl sites for hydroxylation is 2. The number of ether oxygens (including phenoxy) is 1. The molecule has 9 heteroatoms. The van der Waals surface area contributed by atoms with Crippen LogP contribution >= 0.6 is 0 Å². The van der Waals surface area contributed by atoms with Crippen molar-refractivity contribution in [2.75, 3.05) is 19.7 Å². The summed E-state index contributed by atoms with van der Waals surface area (Å²) in [5, 5.41) is 20.8. The second kappa shape index (κ2) is 17.5. The molecule has 0 unspecified atom stereocenters. The second-order valence-corrected chi connectivity index (χ2v) is 12.7. The van der Waals surface area contributed by atoms with E-state index in [9.17, 15) is 19.5 Å². The second-order valence-electron chi connectivity index (χ2n) is 12.7. The number of carbonyl (C=O) groups is 3. The fourth-order valence-corrected chi connectivity index (χ4v) is 6.24. The minimum absolute atomic E-state index is 0.0665. The van der Waals surface area contributed by atoms with E-state index in [1.54, 1.807) is 4.90 Å². The molecule has 5 atom stereocenters. The van der Waals surface area contributed by atoms with E-state index in [-0.39, 0.29) is 36.8 Å². The van der Waals surface area contributed by atoms with Crippen LogP contribution in [0.4, 0.5) is 4.79 Å². The van der Waals surface area contributed by atoms with Crippen molar-refractivity contribution in [2.24, 2.45) is 5.92 Å². The quantitative estimate of drug-likeness (QED) is 0.180. The average Bonchev–Trinajstić information content (AvgIpc) is 3.06. The van der Waals surface area contributed by atoms with Gasteiger partial charge in [0.2, 0.25) is 5.91 Å². The summed E-state index contributed by atoms with van der Waals surface area (Å²) in [4.78, 5) is 41.7. The Morgan fingerprint density at radius 1 is 0.915 bits per heavy atom. The normalized spacial score (nSPS) is 16.3. The molecule has 9 nitrogen and oxygen atoms in total. The zero-order valence-electron chi connectivity index (χ0n) is 28.1. The van der Waals surface area contributed by atoms with E-state index in [1.807, 2.05) is 107 Å². The van der Waals surface area contributed by atoms with Crippen molar-refractivity contribution in [3.63, 3.8) is 0 Å². The van der Waals surface area contributed by atoms with Gasteiger partial charge in [-0.1, -0.05) is 99.1 Å². The maximum Gasteiger partial charge on any atom is 0.318 e. The fourth-order valence-electron chi connectivity index (χ4n) is 6.24. The van der Waals surface area contributed by atoms with Crippen LogP contribution in [0.1, 0.15) is 55.4 Å². The first kappa shape index (κ1) is 35.5. The highest BCUT2D eigenvalue weighted by atomic mass is 16.5. The summed E-state index contributed by atoms with van der Waals surface area (Å²) in [7, 11) is 0. The molecule has 4 amide bonds. The highest BCUT2D eigenvalue weighted by molar-refractivity contribution is 5.88. The van der Waals surface area contributed by atoms with Crippen LogP contribution in [-0.4, -0.2) is 71.8 Å². The van der Waals surface area contributed by atoms with Crippen molar-refractivity contribution in [1.29, 1.82) is 0 Å². The number of carbonyl (C=O) groups excluding carboxylic acids is 3. The third kappa shape index (κ3) is 10.3. The minimum Gasteiger partial charge on any atom is -0.483 e. The number of hydrogen-bond donors (Lipinski definition) is 4. The Labute approximate surface area is 279 Å². The molecule has 4 rings (SSSR count). The molecule has 0 radical (unpaired) electrons. The topological polar surface area (TPSA) is 120 Å². The molecule has 1 fully saturated rings. The van der Waals surface area contributed by atoms with Crippen LogP contribution in [0.5, 0.6) is 5.75 Å². The summed E-state index contributed by atoms with van der Waals surface area (Å²) < 4.78 is 5.91. The van der Waals surface area contributed by atoms with Crippen LogP contribution in [0, 0.1) is 19.8 Å². The number of benzene rings is 3. The molecule has 1 aliphatic heterocycles. The van der Waals surface area contributed by atoms with Crippen LogP contribution in [0.3, 0.4) is 0 Å². The van der Waals surface area contributed by atoms with E-state index < -0.39 is 24.2 Å². The number of nitrogens with one attached hydrogen (secondary N) is 3. The van der Waals surface area contributed by atoms with E-state index in [0.29, 0.717) is 31.7 Å². The molecule has 0 saturated carbocycles. The van der Waals surface area contributed by atoms with E-state index in [4.69, 9.17) is 4.74 Å². The molecule has 47 heavy (non-hydrogen) atoms. The maximum atomic E-state index is 14.0. The largest absolute Gasteiger partial charge is 0.483 e. The van der Waals surface area contributed by atoms with Crippen molar-refractivity contribution in [3.05, 3.63) is 101 Å². The first-order valence-corrected chi connectivity index (χ1v) is 16.7. The standard InChI is InChI=1S/C38H50N4O5/c1-5-26(2)35(42-21-13-20-39-38(42)46)37(45)40-31(22-29-16-8-6-9-17-29)24-33(43)32(23-30-18-10-7-11-19-30)41-34(44)25-47-36-27(3)14-12-15-28(36)4/h6-12,14-19,26,31-33,35,43H,5,13,20-25H2,1-4H3,(H,39,46)(H,40,45)(H,41,44)/t26-,31-,32-,33-,35-/m0/s1. The smallest absolute Gasteiger partial charge is 0.318 e. The number of aliphatic hydroxyl groups is 1. The number of rotatable bonds is 16. The van der Waals surface area contributed by atoms with Gasteiger partial charge in [-0.2, -0.15) is 0 Å². The molecule has 1 aliphatic rings. The highest BCUT2D eigenvalue weighted by Gasteiger charge is 2.36. The average molecular weight is 643 g/mol. The van der Waals surface area contributed by atoms with Gasteiger partial charge in [-0.3, -0.25) is 9.59 Å². The van der Waals surface area contributed by atoms with E-state index in [0.717, 1.165) is 35.1 Å². The molecule has 0 bridgehead atoms. The van der Waals surface area contributed by atoms with Gasteiger partial charge >= 0.3 is 6.03 Å². The summed E-state index contributed by atoms with van der Waals surface area (Å²) in [6.07, 6.45) is 1.57. The number of urea groups is 1. The summed E-state index contributed by atoms with van der Waals surface area (Å²) in [6, 6.07) is 23.4. The van der Waals surface area contributed by atoms with E-state index >= 15 is 0 Å². The number of para-hydroxylation sites is 1. The van der Waals surface area contributed by atoms with Gasteiger partial charge in [-0.05, 0) is 67.7 Å². The van der Waals surface area contributed by atoms with Crippen LogP contribution < -0.4 is 20.7 Å². The lowest BCUT2D eigenvalue weighted by Crippen LogP contribution is -2.60. The lowest BCUT2D eigenvalue weighted by Gasteiger charge is -2.38. The zero-order chi connectivity index (χ0) is 33.8. The van der Waals surface area contributed by atoms with Crippen molar-refractivity contribution in [3.8, 4) is 5.75 Å². The molecule has 252 valence electrons. The SMILES string of the molecule is CC[C@H](C)[C@@H](C(=O)N[C@@H](Cc1ccccc1)C[C@H](O)[C@H](Cc1ccccc1)NC(=O)COc1c(C)cccc1C)N1CCCNC1=O. The van der Waals surface area contributed by atoms with Crippen LogP contribution in [-0.2, 0) is 22.4 Å². The molecule has 4 N–H and O–H groups in total. The lowest BCUT2D eigenvalue weighted by atomic mass is 9.92. The zero-order valence-corrected chi connectivity index (χ0v) is 28.1. The predicted octanol–water partition coefficient (Wildman–Crippen LogP) is 4.72. The van der Waals surface area contributed by atoms with Crippen molar-refractivity contribution in [1.82, 2.24) is 20.9 Å². The number of hydrogen-bond acceptors (Lipinski definition) is 5. The van der Waals surface area contributed by atoms with Gasteiger partial charge in [0.05, 0.1) is 12.1 Å². The van der Waals surface area contributed by atoms with Crippen molar-refractivity contribution < 1.29 is 24.2 Å². The first-order valence-electron chi connectivity index (χ1n) is 16.7. The Hall–Kier alpha value is -4.37. The Balaban J connectivity index is 1.54. The highest BCUT2D eigenvalue weighted by Crippen LogP contribution is 2.23. The monoisotopic (exact) mass is 642 g/mol. The third-order valence-corrected chi connectivity index (χ3v) is 8.96. The Morgan fingerprint density at radius 3 is 2.13 bits per heavy atom. The predicted molar refractivity (Wildman–Crippen MR) is 184 cm³/mol. The Bertz CT molecular complexity index is 1430. The van der Waals surface area contributed by atoms with Gasteiger partial charge in [0.25, 0.3) is 5.91 Å². The van der Waals surface area contributed by atoms with Gasteiger partial charge in [0.1, 0.15) is 11.8 Å². The van der Waals surface area contributed by atoms with E-state index in [2.05, 4.69) is 16.0 Å². The van der Waals surface area contributed by atoms with Crippen LogP contribution in [0.25, 0.3) is 0 Å². The number of amides is 4. The molecule has 1 saturated heterocycles. The fraction of sp³-hybridized carbons (Fsp3) is 0.447. The summed E-state index contributed by atoms with van der Waals surface area (Å²) >= 11 is 0. The summed E-state index contributed by atoms with van der Waals surface area (Å²) in [6.45, 7) is 8.78. The first-order chi connectivity index (χ1) is 22.7. The van der Waals surface area contributed by atoms with Gasteiger partial charge in [0.15, 0.2) is 6.61 Å². The molecule has 1 heterocycles. The van der Waals surface area contributed by atoms with E-state index in [1.165, 1.54) is 0 Å². The van der Waals surface area contributed by atoms with Crippen molar-refractivity contribution >= 4 is 17.8 Å². The lowest BCUT2D eigenvalue weighted by molar-refractivity contribution is -0.128. The molecule has 0 aromatic heterocycles. The summed E-state index contributed by atoms with van der Waals surface area (Å²) in [5.74, 6) is 0.0225. The third-order valence-electron chi connectivity index (χ3n) is 8.96. The minimum atomic E-state index is -0.992. The number of aliphatic hydroxyl groups excluding tert-OH is 1. The molecular formula is C38H50N4O5. The molecule has 0 aliphatic carbocycles. The molecular weight excluding hydrogens is 592 g/mol. The van der Waals surface area contributed by atoms with Gasteiger partial charge in [-0.15, -0.1) is 0 Å². The number of nitrogens with zero attached hydrogens (tertiary/aromatic N) is 1. The maximum absolute atomic E-state index is 14.0. The molecule has 3 aromatic carbocycles. The van der Waals surface area contributed by atoms with Crippen LogP contribution in [0.15, 0.2) is 78.9 Å². The van der Waals surface area contributed by atoms with Gasteiger partial charge in [0, 0.05) is 19.1 Å². The molecule has 3 aromatic rings. The van der Waals surface area contributed by atoms with Gasteiger partial charge < -0.3 is 30.7 Å². The van der Waals surface area contributed by atoms with Gasteiger partial charge in [-0.25, -0.2) is 4.79 Å². The summed E-state index contributed by atoms with van der Waals surface area (Å²) in [5.41, 5.74) is 3.85.